The summed E-state index contributed by atoms with van der Waals surface area (Å²) in [4.78, 5) is 16.1. The third-order valence-corrected chi connectivity index (χ3v) is 6.09. The number of aryl methyl sites for hydroxylation is 1. The van der Waals surface area contributed by atoms with Crippen molar-refractivity contribution in [3.8, 4) is 0 Å². The predicted octanol–water partition coefficient (Wildman–Crippen LogP) is 2.42. The number of aliphatic hydroxyl groups excluding tert-OH is 1. The minimum absolute atomic E-state index is 0.0659. The highest BCUT2D eigenvalue weighted by Crippen LogP contribution is 2.53. The molecule has 1 aliphatic carbocycles. The number of carbonyl (C=O) groups excluding carboxylic acids is 1. The van der Waals surface area contributed by atoms with E-state index >= 15 is 0 Å². The SMILES string of the molecule is CC(=O)N1CC2(C[C@@H](O)[C@H](N(C)Cc3occc3C)C2)C1C(C)C. The van der Waals surface area contributed by atoms with Gasteiger partial charge in [0.2, 0.25) is 5.91 Å². The summed E-state index contributed by atoms with van der Waals surface area (Å²) in [5.74, 6) is 1.52. The van der Waals surface area contributed by atoms with Crippen molar-refractivity contribution in [2.24, 2.45) is 11.3 Å². The van der Waals surface area contributed by atoms with Gasteiger partial charge in [-0.15, -0.1) is 0 Å². The second kappa shape index (κ2) is 6.19. The lowest BCUT2D eigenvalue weighted by Crippen LogP contribution is -2.67. The van der Waals surface area contributed by atoms with Crippen LogP contribution in [0.1, 0.15) is 44.9 Å². The van der Waals surface area contributed by atoms with Gasteiger partial charge in [-0.05, 0) is 44.4 Å². The van der Waals surface area contributed by atoms with Crippen LogP contribution in [0, 0.1) is 18.3 Å². The van der Waals surface area contributed by atoms with Crippen LogP contribution in [0.4, 0.5) is 0 Å². The topological polar surface area (TPSA) is 56.9 Å². The van der Waals surface area contributed by atoms with E-state index in [1.165, 1.54) is 0 Å². The Bertz CT molecular complexity index is 612. The van der Waals surface area contributed by atoms with E-state index in [-0.39, 0.29) is 29.5 Å². The third-order valence-electron chi connectivity index (χ3n) is 6.09. The average Bonchev–Trinajstić information content (AvgIpc) is 3.01. The summed E-state index contributed by atoms with van der Waals surface area (Å²) in [6.07, 6.45) is 3.10. The van der Waals surface area contributed by atoms with Crippen molar-refractivity contribution in [3.63, 3.8) is 0 Å². The summed E-state index contributed by atoms with van der Waals surface area (Å²) in [7, 11) is 2.06. The van der Waals surface area contributed by atoms with Gasteiger partial charge in [-0.1, -0.05) is 13.8 Å². The fourth-order valence-corrected chi connectivity index (χ4v) is 5.04. The first-order valence-corrected chi connectivity index (χ1v) is 8.93. The van der Waals surface area contributed by atoms with E-state index < -0.39 is 0 Å². The number of likely N-dealkylation sites (tertiary alicyclic amines) is 1. The van der Waals surface area contributed by atoms with Gasteiger partial charge in [-0.2, -0.15) is 0 Å². The van der Waals surface area contributed by atoms with Gasteiger partial charge in [-0.3, -0.25) is 9.69 Å². The summed E-state index contributed by atoms with van der Waals surface area (Å²) >= 11 is 0. The standard InChI is InChI=1S/C19H30N2O3/c1-12(2)18-19(11-21(18)14(4)22)8-15(16(23)9-19)20(5)10-17-13(3)6-7-24-17/h6-7,12,15-16,18,23H,8-11H2,1-5H3/t15-,16-,18?,19?/m1/s1. The second-order valence-electron chi connectivity index (χ2n) is 8.18. The molecule has 5 heteroatoms. The lowest BCUT2D eigenvalue weighted by molar-refractivity contribution is -0.158. The van der Waals surface area contributed by atoms with Crippen molar-refractivity contribution in [3.05, 3.63) is 23.7 Å². The molecular formula is C19H30N2O3. The quantitative estimate of drug-likeness (QED) is 0.919. The van der Waals surface area contributed by atoms with Crippen LogP contribution in [0.5, 0.6) is 0 Å². The highest BCUT2D eigenvalue weighted by atomic mass is 16.3. The Morgan fingerprint density at radius 1 is 1.50 bits per heavy atom. The Balaban J connectivity index is 1.72. The van der Waals surface area contributed by atoms with Crippen LogP contribution in [0.15, 0.2) is 16.7 Å². The zero-order chi connectivity index (χ0) is 17.6. The molecule has 2 fully saturated rings. The van der Waals surface area contributed by atoms with Crippen LogP contribution in [-0.4, -0.2) is 52.6 Å². The zero-order valence-electron chi connectivity index (χ0n) is 15.5. The monoisotopic (exact) mass is 334 g/mol. The maximum absolute atomic E-state index is 11.9. The van der Waals surface area contributed by atoms with Crippen LogP contribution in [0.2, 0.25) is 0 Å². The van der Waals surface area contributed by atoms with E-state index in [0.717, 1.165) is 30.7 Å². The van der Waals surface area contributed by atoms with Crippen LogP contribution in [-0.2, 0) is 11.3 Å². The first kappa shape index (κ1) is 17.5. The molecule has 1 N–H and O–H groups in total. The molecule has 2 unspecified atom stereocenters. The summed E-state index contributed by atoms with van der Waals surface area (Å²) in [5, 5.41) is 10.7. The molecule has 1 saturated carbocycles. The Kier molecular flexibility index (Phi) is 4.51. The molecule has 0 aromatic carbocycles. The normalized spacial score (nSPS) is 32.8. The Morgan fingerprint density at radius 2 is 2.21 bits per heavy atom. The number of likely N-dealkylation sites (N-methyl/N-ethyl adjacent to an activating group) is 1. The minimum atomic E-state index is -0.347. The highest BCUT2D eigenvalue weighted by Gasteiger charge is 2.60. The maximum Gasteiger partial charge on any atom is 0.219 e. The average molecular weight is 334 g/mol. The van der Waals surface area contributed by atoms with Gasteiger partial charge in [-0.25, -0.2) is 0 Å². The molecule has 24 heavy (non-hydrogen) atoms. The van der Waals surface area contributed by atoms with Gasteiger partial charge in [0.25, 0.3) is 0 Å². The molecule has 1 aliphatic heterocycles. The van der Waals surface area contributed by atoms with Crippen molar-refractivity contribution in [1.29, 1.82) is 0 Å². The van der Waals surface area contributed by atoms with E-state index in [4.69, 9.17) is 4.42 Å². The summed E-state index contributed by atoms with van der Waals surface area (Å²) in [5.41, 5.74) is 1.21. The maximum atomic E-state index is 11.9. The molecule has 1 aromatic rings. The summed E-state index contributed by atoms with van der Waals surface area (Å²) in [6, 6.07) is 2.33. The highest BCUT2D eigenvalue weighted by molar-refractivity contribution is 5.75. The number of nitrogens with zero attached hydrogens (tertiary/aromatic N) is 2. The number of hydrogen-bond acceptors (Lipinski definition) is 4. The van der Waals surface area contributed by atoms with Gasteiger partial charge < -0.3 is 14.4 Å². The molecule has 1 aromatic heterocycles. The fraction of sp³-hybridized carbons (Fsp3) is 0.737. The van der Waals surface area contributed by atoms with Crippen molar-refractivity contribution < 1.29 is 14.3 Å². The van der Waals surface area contributed by atoms with Crippen LogP contribution in [0.25, 0.3) is 0 Å². The van der Waals surface area contributed by atoms with Crippen molar-refractivity contribution >= 4 is 5.91 Å². The lowest BCUT2D eigenvalue weighted by Gasteiger charge is -2.58. The summed E-state index contributed by atoms with van der Waals surface area (Å²) < 4.78 is 5.55. The van der Waals surface area contributed by atoms with Crippen molar-refractivity contribution in [1.82, 2.24) is 9.80 Å². The number of hydrogen-bond donors (Lipinski definition) is 1. The molecule has 4 atom stereocenters. The number of amides is 1. The van der Waals surface area contributed by atoms with Crippen LogP contribution >= 0.6 is 0 Å². The molecule has 134 valence electrons. The molecule has 1 spiro atoms. The second-order valence-corrected chi connectivity index (χ2v) is 8.18. The Hall–Kier alpha value is -1.33. The van der Waals surface area contributed by atoms with Gasteiger partial charge >= 0.3 is 0 Å². The van der Waals surface area contributed by atoms with Gasteiger partial charge in [0.1, 0.15) is 5.76 Å². The minimum Gasteiger partial charge on any atom is -0.468 e. The fourth-order valence-electron chi connectivity index (χ4n) is 5.04. The first-order valence-electron chi connectivity index (χ1n) is 8.93. The largest absolute Gasteiger partial charge is 0.468 e. The molecule has 0 radical (unpaired) electrons. The Labute approximate surface area is 144 Å². The van der Waals surface area contributed by atoms with Gasteiger partial charge in [0, 0.05) is 31.0 Å². The molecule has 5 nitrogen and oxygen atoms in total. The molecular weight excluding hydrogens is 304 g/mol. The zero-order valence-corrected chi connectivity index (χ0v) is 15.5. The number of aliphatic hydroxyl groups is 1. The third kappa shape index (κ3) is 2.78. The molecule has 1 amide bonds. The Morgan fingerprint density at radius 3 is 2.75 bits per heavy atom. The van der Waals surface area contributed by atoms with Crippen molar-refractivity contribution in [2.75, 3.05) is 13.6 Å². The lowest BCUT2D eigenvalue weighted by atomic mass is 9.65. The molecule has 3 rings (SSSR count). The van der Waals surface area contributed by atoms with E-state index in [2.05, 4.69) is 25.8 Å². The molecule has 2 heterocycles. The number of carbonyl (C=O) groups is 1. The first-order chi connectivity index (χ1) is 11.2. The predicted molar refractivity (Wildman–Crippen MR) is 92.4 cm³/mol. The van der Waals surface area contributed by atoms with Crippen molar-refractivity contribution in [2.45, 2.75) is 65.3 Å². The number of furan rings is 1. The van der Waals surface area contributed by atoms with Gasteiger partial charge in [0.15, 0.2) is 0 Å². The number of rotatable bonds is 4. The smallest absolute Gasteiger partial charge is 0.219 e. The van der Waals surface area contributed by atoms with E-state index in [1.54, 1.807) is 13.2 Å². The molecule has 1 saturated heterocycles. The molecule has 2 aliphatic rings. The van der Waals surface area contributed by atoms with E-state index in [1.807, 2.05) is 17.9 Å². The van der Waals surface area contributed by atoms with Gasteiger partial charge in [0.05, 0.1) is 18.9 Å². The van der Waals surface area contributed by atoms with Crippen LogP contribution in [0.3, 0.4) is 0 Å². The molecule has 0 bridgehead atoms. The summed E-state index contributed by atoms with van der Waals surface area (Å²) in [6.45, 7) is 9.54. The van der Waals surface area contributed by atoms with Crippen LogP contribution < -0.4 is 0 Å². The van der Waals surface area contributed by atoms with E-state index in [0.29, 0.717) is 12.5 Å². The van der Waals surface area contributed by atoms with E-state index in [9.17, 15) is 9.90 Å².